The highest BCUT2D eigenvalue weighted by atomic mass is 32.2. The summed E-state index contributed by atoms with van der Waals surface area (Å²) < 4.78 is 1.79. The number of aromatic nitrogens is 2. The lowest BCUT2D eigenvalue weighted by Gasteiger charge is -2.15. The maximum absolute atomic E-state index is 12.5. The summed E-state index contributed by atoms with van der Waals surface area (Å²) in [4.78, 5) is 19.2. The Kier molecular flexibility index (Phi) is 4.61. The average molecular weight is 277 g/mol. The Balaban J connectivity index is 2.54. The molecule has 2 aromatic rings. The van der Waals surface area contributed by atoms with Crippen LogP contribution in [0.5, 0.6) is 0 Å². The van der Waals surface area contributed by atoms with Crippen molar-refractivity contribution in [1.29, 1.82) is 0 Å². The van der Waals surface area contributed by atoms with Crippen molar-refractivity contribution in [2.45, 2.75) is 18.6 Å². The third-order valence-electron chi connectivity index (χ3n) is 2.87. The zero-order valence-corrected chi connectivity index (χ0v) is 12.4. The van der Waals surface area contributed by atoms with Gasteiger partial charge in [-0.2, -0.15) is 0 Å². The molecule has 0 fully saturated rings. The molecule has 0 unspecified atom stereocenters. The first-order valence-electron chi connectivity index (χ1n) is 6.40. The lowest BCUT2D eigenvalue weighted by Crippen LogP contribution is -2.28. The number of nitrogens with zero attached hydrogens (tertiary/aromatic N) is 3. The van der Waals surface area contributed by atoms with Crippen molar-refractivity contribution >= 4 is 22.7 Å². The minimum Gasteiger partial charge on any atom is -0.308 e. The first-order valence-corrected chi connectivity index (χ1v) is 7.39. The van der Waals surface area contributed by atoms with Crippen LogP contribution in [0.2, 0.25) is 0 Å². The van der Waals surface area contributed by atoms with E-state index in [-0.39, 0.29) is 5.56 Å². The largest absolute Gasteiger partial charge is 0.308 e. The molecule has 0 spiro atoms. The molecule has 19 heavy (non-hydrogen) atoms. The van der Waals surface area contributed by atoms with Crippen LogP contribution >= 0.6 is 11.8 Å². The van der Waals surface area contributed by atoms with Crippen LogP contribution < -0.4 is 5.56 Å². The first-order chi connectivity index (χ1) is 9.13. The molecular weight excluding hydrogens is 258 g/mol. The molecular formula is C14H19N3OS. The molecule has 0 radical (unpaired) electrons. The maximum Gasteiger partial charge on any atom is 0.262 e. The van der Waals surface area contributed by atoms with Gasteiger partial charge in [0.1, 0.15) is 0 Å². The Morgan fingerprint density at radius 3 is 2.74 bits per heavy atom. The molecule has 1 aromatic carbocycles. The minimum absolute atomic E-state index is 0.0587. The fraction of sp³-hybridized carbons (Fsp3) is 0.429. The summed E-state index contributed by atoms with van der Waals surface area (Å²) >= 11 is 1.62. The number of hydrogen-bond donors (Lipinski definition) is 0. The Labute approximate surface area is 117 Å². The quantitative estimate of drug-likeness (QED) is 0.619. The summed E-state index contributed by atoms with van der Waals surface area (Å²) in [6.45, 7) is 3.57. The maximum atomic E-state index is 12.5. The van der Waals surface area contributed by atoms with E-state index in [0.717, 1.165) is 23.0 Å². The highest BCUT2D eigenvalue weighted by molar-refractivity contribution is 7.99. The molecule has 0 N–H and O–H groups in total. The van der Waals surface area contributed by atoms with Crippen LogP contribution in [-0.2, 0) is 6.54 Å². The van der Waals surface area contributed by atoms with Crippen LogP contribution in [0.15, 0.2) is 34.2 Å². The number of thioether (sulfide) groups is 1. The number of benzene rings is 1. The molecule has 1 aromatic heterocycles. The molecule has 0 aliphatic heterocycles. The van der Waals surface area contributed by atoms with Crippen molar-refractivity contribution in [3.8, 4) is 0 Å². The summed E-state index contributed by atoms with van der Waals surface area (Å²) in [6, 6.07) is 7.54. The van der Waals surface area contributed by atoms with E-state index in [9.17, 15) is 4.79 Å². The van der Waals surface area contributed by atoms with Gasteiger partial charge in [-0.3, -0.25) is 9.36 Å². The highest BCUT2D eigenvalue weighted by Gasteiger charge is 2.10. The van der Waals surface area contributed by atoms with Crippen molar-refractivity contribution in [2.24, 2.45) is 0 Å². The number of fused-ring (bicyclic) bond motifs is 1. The second kappa shape index (κ2) is 6.21. The van der Waals surface area contributed by atoms with Gasteiger partial charge in [-0.25, -0.2) is 4.98 Å². The van der Waals surface area contributed by atoms with E-state index in [1.807, 2.05) is 38.4 Å². The lowest BCUT2D eigenvalue weighted by molar-refractivity contribution is 0.371. The van der Waals surface area contributed by atoms with E-state index in [4.69, 9.17) is 0 Å². The third kappa shape index (κ3) is 3.16. The van der Waals surface area contributed by atoms with Gasteiger partial charge in [-0.15, -0.1) is 0 Å². The number of para-hydroxylation sites is 1. The SMILES string of the molecule is CCSc1nc2ccccc2c(=O)n1CCN(C)C. The molecule has 0 atom stereocenters. The fourth-order valence-corrected chi connectivity index (χ4v) is 2.64. The summed E-state index contributed by atoms with van der Waals surface area (Å²) in [6.07, 6.45) is 0. The number of likely N-dealkylation sites (N-methyl/N-ethyl adjacent to an activating group) is 1. The predicted molar refractivity (Wildman–Crippen MR) is 81.0 cm³/mol. The summed E-state index contributed by atoms with van der Waals surface area (Å²) in [5, 5.41) is 1.51. The van der Waals surface area contributed by atoms with Crippen LogP contribution in [0.1, 0.15) is 6.92 Å². The van der Waals surface area contributed by atoms with Crippen LogP contribution in [0, 0.1) is 0 Å². The van der Waals surface area contributed by atoms with Gasteiger partial charge in [0, 0.05) is 13.1 Å². The Hall–Kier alpha value is -1.33. The molecule has 0 saturated carbocycles. The zero-order valence-electron chi connectivity index (χ0n) is 11.6. The van der Waals surface area contributed by atoms with E-state index in [2.05, 4.69) is 16.8 Å². The van der Waals surface area contributed by atoms with Crippen molar-refractivity contribution < 1.29 is 0 Å². The van der Waals surface area contributed by atoms with Gasteiger partial charge >= 0.3 is 0 Å². The molecule has 102 valence electrons. The molecule has 0 amide bonds. The van der Waals surface area contributed by atoms with Gasteiger partial charge in [0.25, 0.3) is 5.56 Å². The zero-order chi connectivity index (χ0) is 13.8. The monoisotopic (exact) mass is 277 g/mol. The van der Waals surface area contributed by atoms with Gasteiger partial charge in [0.05, 0.1) is 10.9 Å². The minimum atomic E-state index is 0.0587. The molecule has 0 saturated heterocycles. The molecule has 4 nitrogen and oxygen atoms in total. The van der Waals surface area contributed by atoms with Crippen molar-refractivity contribution in [3.63, 3.8) is 0 Å². The summed E-state index contributed by atoms with van der Waals surface area (Å²) in [7, 11) is 4.01. The molecule has 5 heteroatoms. The fourth-order valence-electron chi connectivity index (χ4n) is 1.88. The highest BCUT2D eigenvalue weighted by Crippen LogP contribution is 2.17. The van der Waals surface area contributed by atoms with Gasteiger partial charge in [0.2, 0.25) is 0 Å². The second-order valence-electron chi connectivity index (χ2n) is 4.60. The van der Waals surface area contributed by atoms with Crippen LogP contribution in [0.4, 0.5) is 0 Å². The van der Waals surface area contributed by atoms with Crippen molar-refractivity contribution in [3.05, 3.63) is 34.6 Å². The Bertz CT molecular complexity index is 622. The van der Waals surface area contributed by atoms with Gasteiger partial charge in [-0.1, -0.05) is 30.8 Å². The Morgan fingerprint density at radius 1 is 1.32 bits per heavy atom. The molecule has 0 aliphatic carbocycles. The summed E-state index contributed by atoms with van der Waals surface area (Å²) in [5.74, 6) is 0.909. The topological polar surface area (TPSA) is 38.1 Å². The normalized spacial score (nSPS) is 11.4. The van der Waals surface area contributed by atoms with E-state index >= 15 is 0 Å². The number of hydrogen-bond acceptors (Lipinski definition) is 4. The first kappa shape index (κ1) is 14.1. The molecule has 1 heterocycles. The third-order valence-corrected chi connectivity index (χ3v) is 3.73. The lowest BCUT2D eigenvalue weighted by atomic mass is 10.2. The van der Waals surface area contributed by atoms with Gasteiger partial charge in [0.15, 0.2) is 5.16 Å². The van der Waals surface area contributed by atoms with Gasteiger partial charge < -0.3 is 4.90 Å². The van der Waals surface area contributed by atoms with Crippen molar-refractivity contribution in [1.82, 2.24) is 14.5 Å². The van der Waals surface area contributed by atoms with Crippen LogP contribution in [0.25, 0.3) is 10.9 Å². The average Bonchev–Trinajstić information content (AvgIpc) is 2.38. The predicted octanol–water partition coefficient (Wildman–Crippen LogP) is 2.07. The smallest absolute Gasteiger partial charge is 0.262 e. The number of rotatable bonds is 5. The van der Waals surface area contributed by atoms with E-state index in [1.165, 1.54) is 0 Å². The van der Waals surface area contributed by atoms with E-state index < -0.39 is 0 Å². The summed E-state index contributed by atoms with van der Waals surface area (Å²) in [5.41, 5.74) is 0.841. The van der Waals surface area contributed by atoms with Crippen molar-refractivity contribution in [2.75, 3.05) is 26.4 Å². The standard InChI is InChI=1S/C14H19N3OS/c1-4-19-14-15-12-8-6-5-7-11(12)13(18)17(14)10-9-16(2)3/h5-8H,4,9-10H2,1-3H3. The second-order valence-corrected chi connectivity index (χ2v) is 5.84. The molecule has 2 rings (SSSR count). The van der Waals surface area contributed by atoms with Crippen LogP contribution in [0.3, 0.4) is 0 Å². The van der Waals surface area contributed by atoms with E-state index in [1.54, 1.807) is 16.3 Å². The molecule has 0 aliphatic rings. The Morgan fingerprint density at radius 2 is 2.05 bits per heavy atom. The van der Waals surface area contributed by atoms with Gasteiger partial charge in [-0.05, 0) is 32.0 Å². The van der Waals surface area contributed by atoms with E-state index in [0.29, 0.717) is 11.9 Å². The van der Waals surface area contributed by atoms with Crippen LogP contribution in [-0.4, -0.2) is 40.8 Å². The molecule has 0 bridgehead atoms.